The van der Waals surface area contributed by atoms with Crippen molar-refractivity contribution in [3.63, 3.8) is 0 Å². The summed E-state index contributed by atoms with van der Waals surface area (Å²) in [7, 11) is 0. The van der Waals surface area contributed by atoms with Crippen molar-refractivity contribution in [3.8, 4) is 67.9 Å². The van der Waals surface area contributed by atoms with Crippen molar-refractivity contribution >= 4 is 43.8 Å². The summed E-state index contributed by atoms with van der Waals surface area (Å²) in [6.45, 7) is 0. The number of oxazole rings is 1. The molecule has 0 N–H and O–H groups in total. The number of hydrogen-bond donors (Lipinski definition) is 0. The Morgan fingerprint density at radius 1 is 0.339 bits per heavy atom. The molecular weight excluding hydrogens is 689 g/mol. The molecule has 0 aliphatic heterocycles. The Morgan fingerprint density at radius 3 is 1.77 bits per heavy atom. The molecule has 3 aromatic heterocycles. The summed E-state index contributed by atoms with van der Waals surface area (Å²) in [5.74, 6) is 2.36. The number of furan rings is 1. The van der Waals surface area contributed by atoms with E-state index in [9.17, 15) is 0 Å². The zero-order valence-corrected chi connectivity index (χ0v) is 29.9. The van der Waals surface area contributed by atoms with Gasteiger partial charge in [0.1, 0.15) is 16.7 Å². The number of aromatic nitrogens is 4. The topological polar surface area (TPSA) is 77.8 Å². The molecule has 0 unspecified atom stereocenters. The van der Waals surface area contributed by atoms with E-state index in [1.807, 2.05) is 91.0 Å². The molecule has 0 bridgehead atoms. The van der Waals surface area contributed by atoms with Crippen LogP contribution in [0.2, 0.25) is 0 Å². The standard InChI is InChI=1S/C50H30N4O2/c1-3-13-32(14-4-1)47-52-48(54-49(53-47)36-25-27-40-39-22-9-10-24-43(39)55-44(40)30-36)35-19-11-18-34(29-35)37-20-7-8-21-38(37)41-23-12-17-31-26-28-42-46(45(31)41)56-50(51-42)33-15-5-2-6-16-33/h1-30H. The number of rotatable bonds is 6. The molecule has 56 heavy (non-hydrogen) atoms. The summed E-state index contributed by atoms with van der Waals surface area (Å²) in [5, 5.41) is 4.25. The van der Waals surface area contributed by atoms with Crippen LogP contribution in [0, 0.1) is 0 Å². The second-order valence-corrected chi connectivity index (χ2v) is 13.8. The van der Waals surface area contributed by atoms with Crippen LogP contribution in [-0.2, 0) is 0 Å². The quantitative estimate of drug-likeness (QED) is 0.170. The van der Waals surface area contributed by atoms with Crippen LogP contribution in [0.1, 0.15) is 0 Å². The Morgan fingerprint density at radius 2 is 0.946 bits per heavy atom. The molecule has 3 heterocycles. The van der Waals surface area contributed by atoms with E-state index in [0.29, 0.717) is 23.4 Å². The third kappa shape index (κ3) is 5.43. The first-order valence-corrected chi connectivity index (χ1v) is 18.5. The molecule has 0 saturated heterocycles. The maximum atomic E-state index is 6.55. The molecule has 262 valence electrons. The van der Waals surface area contributed by atoms with Gasteiger partial charge in [-0.3, -0.25) is 0 Å². The molecule has 0 radical (unpaired) electrons. The lowest BCUT2D eigenvalue weighted by Crippen LogP contribution is -2.00. The van der Waals surface area contributed by atoms with Gasteiger partial charge in [-0.15, -0.1) is 0 Å². The molecule has 6 nitrogen and oxygen atoms in total. The summed E-state index contributed by atoms with van der Waals surface area (Å²) >= 11 is 0. The molecule has 11 aromatic rings. The Bertz CT molecular complexity index is 3260. The van der Waals surface area contributed by atoms with Crippen LogP contribution in [0.15, 0.2) is 191 Å². The van der Waals surface area contributed by atoms with Gasteiger partial charge in [0.25, 0.3) is 0 Å². The number of nitrogens with zero attached hydrogens (tertiary/aromatic N) is 4. The minimum Gasteiger partial charge on any atom is -0.456 e. The Labute approximate surface area is 321 Å². The molecule has 6 heteroatoms. The largest absolute Gasteiger partial charge is 0.456 e. The van der Waals surface area contributed by atoms with Gasteiger partial charge >= 0.3 is 0 Å². The predicted molar refractivity (Wildman–Crippen MR) is 225 cm³/mol. The molecule has 0 amide bonds. The highest BCUT2D eigenvalue weighted by Crippen LogP contribution is 2.41. The van der Waals surface area contributed by atoms with Gasteiger partial charge in [-0.05, 0) is 70.1 Å². The summed E-state index contributed by atoms with van der Waals surface area (Å²) in [6, 6.07) is 61.8. The van der Waals surface area contributed by atoms with E-state index in [-0.39, 0.29) is 0 Å². The Hall–Kier alpha value is -7.70. The van der Waals surface area contributed by atoms with E-state index >= 15 is 0 Å². The van der Waals surface area contributed by atoms with Crippen LogP contribution in [0.4, 0.5) is 0 Å². The average molecular weight is 719 g/mol. The first-order valence-electron chi connectivity index (χ1n) is 18.5. The van der Waals surface area contributed by atoms with Gasteiger partial charge in [-0.2, -0.15) is 0 Å². The lowest BCUT2D eigenvalue weighted by atomic mass is 9.90. The fraction of sp³-hybridized carbons (Fsp3) is 0. The van der Waals surface area contributed by atoms with Gasteiger partial charge in [0.05, 0.1) is 0 Å². The molecule has 0 spiro atoms. The van der Waals surface area contributed by atoms with Crippen molar-refractivity contribution in [3.05, 3.63) is 182 Å². The van der Waals surface area contributed by atoms with Gasteiger partial charge < -0.3 is 8.83 Å². The number of para-hydroxylation sites is 1. The number of hydrogen-bond acceptors (Lipinski definition) is 6. The van der Waals surface area contributed by atoms with Gasteiger partial charge in [0.15, 0.2) is 23.1 Å². The zero-order chi connectivity index (χ0) is 37.0. The molecular formula is C50H30N4O2. The SMILES string of the molecule is c1ccc(-c2nc(-c3cccc(-c4ccccc4-c4cccc5ccc6nc(-c7ccccc7)oc6c45)c3)nc(-c3ccc4c(c3)oc3ccccc34)n2)cc1. The molecule has 0 saturated carbocycles. The molecule has 0 aliphatic rings. The van der Waals surface area contributed by atoms with E-state index in [0.717, 1.165) is 88.3 Å². The molecule has 0 atom stereocenters. The van der Waals surface area contributed by atoms with Crippen LogP contribution in [0.3, 0.4) is 0 Å². The van der Waals surface area contributed by atoms with Gasteiger partial charge in [-0.25, -0.2) is 19.9 Å². The number of benzene rings is 8. The second-order valence-electron chi connectivity index (χ2n) is 13.8. The highest BCUT2D eigenvalue weighted by molar-refractivity contribution is 6.13. The van der Waals surface area contributed by atoms with E-state index in [2.05, 4.69) is 91.0 Å². The smallest absolute Gasteiger partial charge is 0.227 e. The minimum atomic E-state index is 0.573. The second kappa shape index (κ2) is 13.0. The fourth-order valence-electron chi connectivity index (χ4n) is 7.69. The lowest BCUT2D eigenvalue weighted by Gasteiger charge is -2.14. The van der Waals surface area contributed by atoms with Crippen molar-refractivity contribution in [1.29, 1.82) is 0 Å². The fourth-order valence-corrected chi connectivity index (χ4v) is 7.69. The monoisotopic (exact) mass is 718 g/mol. The Balaban J connectivity index is 1.05. The van der Waals surface area contributed by atoms with Crippen molar-refractivity contribution in [2.24, 2.45) is 0 Å². The van der Waals surface area contributed by atoms with Crippen molar-refractivity contribution in [2.75, 3.05) is 0 Å². The first kappa shape index (κ1) is 31.8. The van der Waals surface area contributed by atoms with Crippen LogP contribution in [0.25, 0.3) is 112 Å². The summed E-state index contributed by atoms with van der Waals surface area (Å²) in [5.41, 5.74) is 11.1. The van der Waals surface area contributed by atoms with E-state index < -0.39 is 0 Å². The van der Waals surface area contributed by atoms with Gasteiger partial charge in [0, 0.05) is 38.4 Å². The average Bonchev–Trinajstić information content (AvgIpc) is 3.89. The summed E-state index contributed by atoms with van der Waals surface area (Å²) in [4.78, 5) is 20.0. The van der Waals surface area contributed by atoms with Crippen molar-refractivity contribution in [1.82, 2.24) is 19.9 Å². The Kier molecular flexibility index (Phi) is 7.38. The summed E-state index contributed by atoms with van der Waals surface area (Å²) < 4.78 is 12.8. The van der Waals surface area contributed by atoms with Crippen molar-refractivity contribution < 1.29 is 8.83 Å². The van der Waals surface area contributed by atoms with Crippen LogP contribution >= 0.6 is 0 Å². The zero-order valence-electron chi connectivity index (χ0n) is 29.9. The van der Waals surface area contributed by atoms with E-state index in [4.69, 9.17) is 28.8 Å². The molecule has 0 aliphatic carbocycles. The molecule has 0 fully saturated rings. The maximum Gasteiger partial charge on any atom is 0.227 e. The van der Waals surface area contributed by atoms with Crippen LogP contribution in [-0.4, -0.2) is 19.9 Å². The predicted octanol–water partition coefficient (Wildman–Crippen LogP) is 13.1. The third-order valence-electron chi connectivity index (χ3n) is 10.4. The lowest BCUT2D eigenvalue weighted by molar-refractivity contribution is 0.623. The van der Waals surface area contributed by atoms with Crippen LogP contribution < -0.4 is 0 Å². The minimum absolute atomic E-state index is 0.573. The van der Waals surface area contributed by atoms with Crippen molar-refractivity contribution in [2.45, 2.75) is 0 Å². The van der Waals surface area contributed by atoms with E-state index in [1.54, 1.807) is 0 Å². The first-order chi connectivity index (χ1) is 27.7. The third-order valence-corrected chi connectivity index (χ3v) is 10.4. The van der Waals surface area contributed by atoms with Crippen LogP contribution in [0.5, 0.6) is 0 Å². The number of fused-ring (bicyclic) bond motifs is 6. The molecule has 11 rings (SSSR count). The normalized spacial score (nSPS) is 11.6. The van der Waals surface area contributed by atoms with Gasteiger partial charge in [-0.1, -0.05) is 140 Å². The highest BCUT2D eigenvalue weighted by atomic mass is 16.3. The maximum absolute atomic E-state index is 6.55. The van der Waals surface area contributed by atoms with Gasteiger partial charge in [0.2, 0.25) is 5.89 Å². The summed E-state index contributed by atoms with van der Waals surface area (Å²) in [6.07, 6.45) is 0. The highest BCUT2D eigenvalue weighted by Gasteiger charge is 2.19. The molecule has 8 aromatic carbocycles. The van der Waals surface area contributed by atoms with E-state index in [1.165, 1.54) is 0 Å².